The van der Waals surface area contributed by atoms with Crippen LogP contribution in [-0.4, -0.2) is 64.1 Å². The van der Waals surface area contributed by atoms with Gasteiger partial charge in [0.15, 0.2) is 5.54 Å². The molecule has 1 amide bonds. The van der Waals surface area contributed by atoms with Gasteiger partial charge in [0.2, 0.25) is 0 Å². The van der Waals surface area contributed by atoms with Gasteiger partial charge in [-0.25, -0.2) is 4.79 Å². The molecule has 0 saturated carbocycles. The third-order valence-electron chi connectivity index (χ3n) is 2.78. The quantitative estimate of drug-likeness (QED) is 0.669. The van der Waals surface area contributed by atoms with E-state index >= 15 is 0 Å². The zero-order valence-electron chi connectivity index (χ0n) is 11.8. The van der Waals surface area contributed by atoms with Crippen molar-refractivity contribution in [3.63, 3.8) is 0 Å². The number of hydrogen-bond donors (Lipinski definition) is 3. The molecule has 3 N–H and O–H groups in total. The summed E-state index contributed by atoms with van der Waals surface area (Å²) in [7, 11) is 0. The van der Waals surface area contributed by atoms with E-state index in [0.29, 0.717) is 0 Å². The lowest BCUT2D eigenvalue weighted by molar-refractivity contribution is -0.153. The molecule has 0 aromatic rings. The molecular weight excluding hydrogens is 252 g/mol. The number of rotatable bonds is 4. The first kappa shape index (κ1) is 15.7. The number of ether oxygens (including phenoxy) is 1. The van der Waals surface area contributed by atoms with E-state index in [1.54, 1.807) is 27.7 Å². The highest BCUT2D eigenvalue weighted by Gasteiger charge is 2.52. The predicted molar refractivity (Wildman–Crippen MR) is 67.9 cm³/mol. The zero-order chi connectivity index (χ0) is 14.8. The molecule has 110 valence electrons. The molecule has 0 aromatic heterocycles. The number of nitrogens with one attached hydrogen (secondary N) is 1. The van der Waals surface area contributed by atoms with Gasteiger partial charge in [0.05, 0.1) is 19.7 Å². The average Bonchev–Trinajstić information content (AvgIpc) is 2.18. The number of likely N-dealkylation sites (tertiary alicyclic amines) is 1. The minimum atomic E-state index is -1.20. The predicted octanol–water partition coefficient (Wildman–Crippen LogP) is 0.0309. The fraction of sp³-hybridized carbons (Fsp3) is 0.833. The number of aliphatic hydroxyl groups is 1. The van der Waals surface area contributed by atoms with Crippen molar-refractivity contribution in [2.24, 2.45) is 0 Å². The van der Waals surface area contributed by atoms with Gasteiger partial charge in [-0.05, 0) is 27.7 Å². The van der Waals surface area contributed by atoms with Crippen LogP contribution >= 0.6 is 0 Å². The Bertz CT molecular complexity index is 358. The lowest BCUT2D eigenvalue weighted by Crippen LogP contribution is -2.75. The number of hydrogen-bond acceptors (Lipinski definition) is 5. The van der Waals surface area contributed by atoms with Crippen LogP contribution in [0.25, 0.3) is 0 Å². The molecule has 1 aliphatic rings. The fourth-order valence-electron chi connectivity index (χ4n) is 1.87. The Labute approximate surface area is 112 Å². The van der Waals surface area contributed by atoms with Crippen LogP contribution in [0.3, 0.4) is 0 Å². The van der Waals surface area contributed by atoms with Crippen LogP contribution in [0.1, 0.15) is 27.7 Å². The summed E-state index contributed by atoms with van der Waals surface area (Å²) in [4.78, 5) is 24.4. The zero-order valence-corrected chi connectivity index (χ0v) is 11.8. The number of carbonyl (C=O) groups excluding carboxylic acids is 1. The maximum Gasteiger partial charge on any atom is 0.410 e. The molecular formula is C12H22N2O5. The van der Waals surface area contributed by atoms with E-state index < -0.39 is 23.2 Å². The second kappa shape index (κ2) is 5.34. The lowest BCUT2D eigenvalue weighted by atomic mass is 9.89. The number of aliphatic hydroxyl groups excluding tert-OH is 1. The van der Waals surface area contributed by atoms with Crippen molar-refractivity contribution in [2.75, 3.05) is 19.7 Å². The number of aliphatic carboxylic acids is 1. The van der Waals surface area contributed by atoms with E-state index in [1.807, 2.05) is 0 Å². The summed E-state index contributed by atoms with van der Waals surface area (Å²) < 4.78 is 5.16. The van der Waals surface area contributed by atoms with Crippen LogP contribution in [0.4, 0.5) is 4.79 Å². The minimum absolute atomic E-state index is 0.0294. The largest absolute Gasteiger partial charge is 0.480 e. The topological polar surface area (TPSA) is 99.1 Å². The number of carbonyl (C=O) groups is 2. The number of amides is 1. The van der Waals surface area contributed by atoms with Crippen molar-refractivity contribution < 1.29 is 24.5 Å². The summed E-state index contributed by atoms with van der Waals surface area (Å²) in [5.74, 6) is -1.03. The van der Waals surface area contributed by atoms with Crippen LogP contribution in [-0.2, 0) is 9.53 Å². The van der Waals surface area contributed by atoms with Gasteiger partial charge < -0.3 is 19.8 Å². The molecule has 7 nitrogen and oxygen atoms in total. The number of nitrogens with zero attached hydrogens (tertiary/aromatic N) is 1. The van der Waals surface area contributed by atoms with Crippen molar-refractivity contribution >= 4 is 12.1 Å². The molecule has 1 rings (SSSR count). The molecule has 0 aliphatic carbocycles. The van der Waals surface area contributed by atoms with E-state index in [2.05, 4.69) is 5.32 Å². The molecule has 0 spiro atoms. The van der Waals surface area contributed by atoms with Gasteiger partial charge in [-0.3, -0.25) is 10.1 Å². The van der Waals surface area contributed by atoms with E-state index in [-0.39, 0.29) is 25.7 Å². The van der Waals surface area contributed by atoms with E-state index in [9.17, 15) is 14.7 Å². The van der Waals surface area contributed by atoms with Crippen LogP contribution in [0, 0.1) is 0 Å². The summed E-state index contributed by atoms with van der Waals surface area (Å²) in [5, 5.41) is 21.0. The van der Waals surface area contributed by atoms with Gasteiger partial charge in [0.25, 0.3) is 0 Å². The molecule has 1 unspecified atom stereocenters. The van der Waals surface area contributed by atoms with Gasteiger partial charge in [0.1, 0.15) is 5.60 Å². The van der Waals surface area contributed by atoms with Crippen molar-refractivity contribution in [2.45, 2.75) is 44.9 Å². The normalized spacial score (nSPS) is 19.5. The summed E-state index contributed by atoms with van der Waals surface area (Å²) in [6, 6.07) is -0.350. The third-order valence-corrected chi connectivity index (χ3v) is 2.78. The summed E-state index contributed by atoms with van der Waals surface area (Å²) in [6.45, 7) is 6.83. The number of carboxylic acids is 1. The Balaban J connectivity index is 2.60. The van der Waals surface area contributed by atoms with Crippen LogP contribution < -0.4 is 5.32 Å². The smallest absolute Gasteiger partial charge is 0.410 e. The molecule has 19 heavy (non-hydrogen) atoms. The first-order valence-corrected chi connectivity index (χ1v) is 6.19. The highest BCUT2D eigenvalue weighted by Crippen LogP contribution is 2.24. The average molecular weight is 274 g/mol. The van der Waals surface area contributed by atoms with E-state index in [1.165, 1.54) is 4.90 Å². The summed E-state index contributed by atoms with van der Waals surface area (Å²) in [5.41, 5.74) is -1.80. The molecule has 7 heteroatoms. The Morgan fingerprint density at radius 3 is 2.32 bits per heavy atom. The molecule has 1 aliphatic heterocycles. The second-order valence-corrected chi connectivity index (χ2v) is 5.95. The molecule has 0 bridgehead atoms. The maximum atomic E-state index is 11.7. The first-order chi connectivity index (χ1) is 8.59. The number of carboxylic acid groups (broad SMARTS) is 1. The van der Waals surface area contributed by atoms with Gasteiger partial charge in [-0.15, -0.1) is 0 Å². The van der Waals surface area contributed by atoms with Crippen molar-refractivity contribution in [3.8, 4) is 0 Å². The van der Waals surface area contributed by atoms with Crippen molar-refractivity contribution in [1.29, 1.82) is 0 Å². The molecule has 0 aromatic carbocycles. The van der Waals surface area contributed by atoms with Gasteiger partial charge in [-0.2, -0.15) is 0 Å². The van der Waals surface area contributed by atoms with E-state index in [4.69, 9.17) is 9.84 Å². The summed E-state index contributed by atoms with van der Waals surface area (Å²) in [6.07, 6.45) is -0.525. The third kappa shape index (κ3) is 3.81. The van der Waals surface area contributed by atoms with Crippen molar-refractivity contribution in [1.82, 2.24) is 10.2 Å². The highest BCUT2D eigenvalue weighted by atomic mass is 16.6. The second-order valence-electron chi connectivity index (χ2n) is 5.95. The van der Waals surface area contributed by atoms with Gasteiger partial charge >= 0.3 is 12.1 Å². The molecule has 1 heterocycles. The Morgan fingerprint density at radius 1 is 1.42 bits per heavy atom. The SMILES string of the molecule is CC(CO)NC1(C(=O)O)CN(C(=O)OC(C)(C)C)C1. The maximum absolute atomic E-state index is 11.7. The molecule has 1 fully saturated rings. The molecule has 0 radical (unpaired) electrons. The lowest BCUT2D eigenvalue weighted by Gasteiger charge is -2.48. The fourth-order valence-corrected chi connectivity index (χ4v) is 1.87. The monoisotopic (exact) mass is 274 g/mol. The van der Waals surface area contributed by atoms with Crippen molar-refractivity contribution in [3.05, 3.63) is 0 Å². The molecule has 1 saturated heterocycles. The van der Waals surface area contributed by atoms with Crippen LogP contribution in [0.15, 0.2) is 0 Å². The minimum Gasteiger partial charge on any atom is -0.480 e. The standard InChI is InChI=1S/C12H22N2O5/c1-8(5-15)13-12(9(16)17)6-14(7-12)10(18)19-11(2,3)4/h8,13,15H,5-7H2,1-4H3,(H,16,17). The Morgan fingerprint density at radius 2 is 1.95 bits per heavy atom. The van der Waals surface area contributed by atoms with Crippen LogP contribution in [0.5, 0.6) is 0 Å². The van der Waals surface area contributed by atoms with Gasteiger partial charge in [-0.1, -0.05) is 0 Å². The van der Waals surface area contributed by atoms with Crippen LogP contribution in [0.2, 0.25) is 0 Å². The highest BCUT2D eigenvalue weighted by molar-refractivity contribution is 5.84. The first-order valence-electron chi connectivity index (χ1n) is 6.19. The Hall–Kier alpha value is -1.34. The summed E-state index contributed by atoms with van der Waals surface area (Å²) >= 11 is 0. The van der Waals surface area contributed by atoms with Gasteiger partial charge in [0, 0.05) is 6.04 Å². The molecule has 1 atom stereocenters. The van der Waals surface area contributed by atoms with E-state index in [0.717, 1.165) is 0 Å². The Kier molecular flexibility index (Phi) is 4.42.